The van der Waals surface area contributed by atoms with Crippen LogP contribution in [-0.2, 0) is 4.79 Å². The van der Waals surface area contributed by atoms with Gasteiger partial charge in [0, 0.05) is 5.02 Å². The summed E-state index contributed by atoms with van der Waals surface area (Å²) >= 11 is 13.3. The van der Waals surface area contributed by atoms with Gasteiger partial charge in [0.1, 0.15) is 0 Å². The van der Waals surface area contributed by atoms with Gasteiger partial charge in [0.15, 0.2) is 5.16 Å². The largest absolute Gasteiger partial charge is 0.333 e. The Balaban J connectivity index is 1.71. The van der Waals surface area contributed by atoms with Gasteiger partial charge >= 0.3 is 0 Å². The molecule has 0 spiro atoms. The van der Waals surface area contributed by atoms with Crippen molar-refractivity contribution in [3.63, 3.8) is 0 Å². The molecule has 2 aromatic carbocycles. The van der Waals surface area contributed by atoms with E-state index < -0.39 is 0 Å². The minimum atomic E-state index is -0.342. The van der Waals surface area contributed by atoms with Gasteiger partial charge in [-0.15, -0.1) is 0 Å². The Bertz CT molecular complexity index is 832. The third kappa shape index (κ3) is 3.80. The SMILES string of the molecule is CC(Sc1nc2ccccc2[nH]1)C(=O)Nc1cc(Cl)ccc1Cl. The Morgan fingerprint density at radius 2 is 2.04 bits per heavy atom. The predicted octanol–water partition coefficient (Wildman–Crippen LogP) is 4.99. The molecule has 0 aliphatic heterocycles. The zero-order valence-corrected chi connectivity index (χ0v) is 14.5. The van der Waals surface area contributed by atoms with Gasteiger partial charge in [0.2, 0.25) is 5.91 Å². The number of H-pyrrole nitrogens is 1. The lowest BCUT2D eigenvalue weighted by Gasteiger charge is -2.12. The van der Waals surface area contributed by atoms with Gasteiger partial charge in [-0.05, 0) is 37.3 Å². The zero-order valence-electron chi connectivity index (χ0n) is 12.1. The summed E-state index contributed by atoms with van der Waals surface area (Å²) in [7, 11) is 0. The highest BCUT2D eigenvalue weighted by molar-refractivity contribution is 8.00. The van der Waals surface area contributed by atoms with E-state index in [0.717, 1.165) is 11.0 Å². The molecule has 4 nitrogen and oxygen atoms in total. The van der Waals surface area contributed by atoms with Crippen LogP contribution in [0.25, 0.3) is 11.0 Å². The number of halogens is 2. The normalized spacial score (nSPS) is 12.3. The number of aromatic amines is 1. The topological polar surface area (TPSA) is 57.8 Å². The first kappa shape index (κ1) is 16.2. The lowest BCUT2D eigenvalue weighted by Crippen LogP contribution is -2.22. The van der Waals surface area contributed by atoms with Crippen molar-refractivity contribution in [1.82, 2.24) is 9.97 Å². The Kier molecular flexibility index (Phi) is 4.80. The first-order valence-corrected chi connectivity index (χ1v) is 8.54. The molecule has 0 radical (unpaired) electrons. The van der Waals surface area contributed by atoms with Crippen LogP contribution in [0.1, 0.15) is 6.92 Å². The maximum atomic E-state index is 12.3. The number of rotatable bonds is 4. The minimum absolute atomic E-state index is 0.167. The summed E-state index contributed by atoms with van der Waals surface area (Å²) in [5.41, 5.74) is 2.32. The molecule has 0 fully saturated rings. The molecule has 0 aliphatic rings. The summed E-state index contributed by atoms with van der Waals surface area (Å²) in [6.07, 6.45) is 0. The number of para-hydroxylation sites is 2. The molecule has 0 bridgehead atoms. The number of imidazole rings is 1. The fraction of sp³-hybridized carbons (Fsp3) is 0.125. The van der Waals surface area contributed by atoms with Crippen molar-refractivity contribution in [3.8, 4) is 0 Å². The van der Waals surface area contributed by atoms with Gasteiger partial charge < -0.3 is 10.3 Å². The first-order valence-electron chi connectivity index (χ1n) is 6.90. The number of nitrogens with zero attached hydrogens (tertiary/aromatic N) is 1. The lowest BCUT2D eigenvalue weighted by atomic mass is 10.3. The second-order valence-electron chi connectivity index (χ2n) is 4.93. The van der Waals surface area contributed by atoms with Crippen LogP contribution in [0, 0.1) is 0 Å². The molecule has 1 atom stereocenters. The number of carbonyl (C=O) groups excluding carboxylic acids is 1. The molecule has 1 unspecified atom stereocenters. The monoisotopic (exact) mass is 365 g/mol. The van der Waals surface area contributed by atoms with Gasteiger partial charge in [-0.2, -0.15) is 0 Å². The zero-order chi connectivity index (χ0) is 16.4. The van der Waals surface area contributed by atoms with Gasteiger partial charge in [0.05, 0.1) is 27.0 Å². The van der Waals surface area contributed by atoms with Crippen molar-refractivity contribution in [2.45, 2.75) is 17.3 Å². The predicted molar refractivity (Wildman–Crippen MR) is 96.5 cm³/mol. The third-order valence-electron chi connectivity index (χ3n) is 3.21. The highest BCUT2D eigenvalue weighted by Gasteiger charge is 2.17. The maximum absolute atomic E-state index is 12.3. The fourth-order valence-electron chi connectivity index (χ4n) is 2.03. The molecular formula is C16H13Cl2N3OS. The van der Waals surface area contributed by atoms with E-state index in [1.165, 1.54) is 11.8 Å². The van der Waals surface area contributed by atoms with Crippen LogP contribution in [0.15, 0.2) is 47.6 Å². The van der Waals surface area contributed by atoms with E-state index in [1.807, 2.05) is 31.2 Å². The second kappa shape index (κ2) is 6.83. The van der Waals surface area contributed by atoms with E-state index in [-0.39, 0.29) is 11.2 Å². The van der Waals surface area contributed by atoms with Crippen molar-refractivity contribution in [2.24, 2.45) is 0 Å². The molecule has 2 N–H and O–H groups in total. The molecule has 1 aromatic heterocycles. The molecule has 7 heteroatoms. The number of benzene rings is 2. The van der Waals surface area contributed by atoms with Crippen molar-refractivity contribution in [3.05, 3.63) is 52.5 Å². The molecule has 0 saturated carbocycles. The summed E-state index contributed by atoms with van der Waals surface area (Å²) in [5, 5.41) is 4.11. The second-order valence-corrected chi connectivity index (χ2v) is 7.11. The molecule has 3 aromatic rings. The van der Waals surface area contributed by atoms with Crippen LogP contribution >= 0.6 is 35.0 Å². The minimum Gasteiger partial charge on any atom is -0.333 e. The number of thioether (sulfide) groups is 1. The first-order chi connectivity index (χ1) is 11.0. The number of hydrogen-bond donors (Lipinski definition) is 2. The molecule has 118 valence electrons. The molecular weight excluding hydrogens is 353 g/mol. The molecule has 1 amide bonds. The van der Waals surface area contributed by atoms with E-state index in [4.69, 9.17) is 23.2 Å². The van der Waals surface area contributed by atoms with E-state index in [9.17, 15) is 4.79 Å². The van der Waals surface area contributed by atoms with E-state index in [1.54, 1.807) is 18.2 Å². The highest BCUT2D eigenvalue weighted by Crippen LogP contribution is 2.28. The summed E-state index contributed by atoms with van der Waals surface area (Å²) < 4.78 is 0. The highest BCUT2D eigenvalue weighted by atomic mass is 35.5. The van der Waals surface area contributed by atoms with E-state index in [0.29, 0.717) is 20.9 Å². The standard InChI is InChI=1S/C16H13Cl2N3OS/c1-9(15(22)19-14-8-10(17)6-7-11(14)18)23-16-20-12-4-2-3-5-13(12)21-16/h2-9H,1H3,(H,19,22)(H,20,21). The van der Waals surface area contributed by atoms with E-state index in [2.05, 4.69) is 15.3 Å². The van der Waals surface area contributed by atoms with Gasteiger partial charge in [-0.1, -0.05) is 47.1 Å². The number of carbonyl (C=O) groups is 1. The summed E-state index contributed by atoms with van der Waals surface area (Å²) in [6, 6.07) is 12.7. The van der Waals surface area contributed by atoms with Crippen LogP contribution in [0.4, 0.5) is 5.69 Å². The van der Waals surface area contributed by atoms with Crippen LogP contribution in [0.3, 0.4) is 0 Å². The molecule has 0 aliphatic carbocycles. The van der Waals surface area contributed by atoms with Gasteiger partial charge in [0.25, 0.3) is 0 Å². The summed E-state index contributed by atoms with van der Waals surface area (Å²) in [5.74, 6) is -0.167. The molecule has 0 saturated heterocycles. The fourth-order valence-corrected chi connectivity index (χ4v) is 3.19. The quantitative estimate of drug-likeness (QED) is 0.640. The lowest BCUT2D eigenvalue weighted by molar-refractivity contribution is -0.115. The Morgan fingerprint density at radius 3 is 2.83 bits per heavy atom. The Labute approximate surface area is 147 Å². The van der Waals surface area contributed by atoms with Gasteiger partial charge in [-0.25, -0.2) is 4.98 Å². The maximum Gasteiger partial charge on any atom is 0.237 e. The van der Waals surface area contributed by atoms with E-state index >= 15 is 0 Å². The average Bonchev–Trinajstić information content (AvgIpc) is 2.93. The summed E-state index contributed by atoms with van der Waals surface area (Å²) in [6.45, 7) is 1.81. The summed E-state index contributed by atoms with van der Waals surface area (Å²) in [4.78, 5) is 20.0. The van der Waals surface area contributed by atoms with Crippen LogP contribution < -0.4 is 5.32 Å². The number of nitrogens with one attached hydrogen (secondary N) is 2. The number of anilines is 1. The number of amides is 1. The van der Waals surface area contributed by atoms with Crippen LogP contribution in [0.2, 0.25) is 10.0 Å². The number of hydrogen-bond acceptors (Lipinski definition) is 3. The Hall–Kier alpha value is -1.69. The Morgan fingerprint density at radius 1 is 1.26 bits per heavy atom. The number of fused-ring (bicyclic) bond motifs is 1. The average molecular weight is 366 g/mol. The van der Waals surface area contributed by atoms with Crippen molar-refractivity contribution >= 4 is 57.6 Å². The molecule has 3 rings (SSSR count). The number of aromatic nitrogens is 2. The van der Waals surface area contributed by atoms with Crippen LogP contribution in [0.5, 0.6) is 0 Å². The van der Waals surface area contributed by atoms with Crippen molar-refractivity contribution < 1.29 is 4.79 Å². The molecule has 1 heterocycles. The van der Waals surface area contributed by atoms with Crippen molar-refractivity contribution in [2.75, 3.05) is 5.32 Å². The third-order valence-corrected chi connectivity index (χ3v) is 4.76. The molecule has 23 heavy (non-hydrogen) atoms. The smallest absolute Gasteiger partial charge is 0.237 e. The van der Waals surface area contributed by atoms with Crippen molar-refractivity contribution in [1.29, 1.82) is 0 Å². The van der Waals surface area contributed by atoms with Gasteiger partial charge in [-0.3, -0.25) is 4.79 Å². The van der Waals surface area contributed by atoms with Crippen LogP contribution in [-0.4, -0.2) is 21.1 Å².